The van der Waals surface area contributed by atoms with Crippen LogP contribution in [0.2, 0.25) is 0 Å². The van der Waals surface area contributed by atoms with Crippen molar-refractivity contribution in [2.75, 3.05) is 20.1 Å². The normalized spacial score (nSPS) is 30.3. The van der Waals surface area contributed by atoms with Gasteiger partial charge in [0.25, 0.3) is 0 Å². The van der Waals surface area contributed by atoms with Crippen LogP contribution in [0.5, 0.6) is 0 Å². The lowest BCUT2D eigenvalue weighted by Gasteiger charge is -2.39. The van der Waals surface area contributed by atoms with Gasteiger partial charge in [0, 0.05) is 26.2 Å². The molecule has 1 aliphatic carbocycles. The second-order valence-corrected chi connectivity index (χ2v) is 8.23. The van der Waals surface area contributed by atoms with Crippen LogP contribution in [0.25, 0.3) is 0 Å². The molecule has 2 aliphatic rings. The Morgan fingerprint density at radius 1 is 1.24 bits per heavy atom. The highest BCUT2D eigenvalue weighted by molar-refractivity contribution is 6.35. The number of carbonyl (C=O) groups excluding carboxylic acids is 2. The van der Waals surface area contributed by atoms with Gasteiger partial charge in [-0.2, -0.15) is 0 Å². The third-order valence-electron chi connectivity index (χ3n) is 5.05. The Morgan fingerprint density at radius 2 is 1.90 bits per heavy atom. The first-order valence-electron chi connectivity index (χ1n) is 8.23. The fourth-order valence-corrected chi connectivity index (χ4v) is 4.48. The zero-order valence-corrected chi connectivity index (χ0v) is 14.2. The number of nitrogens with zero attached hydrogens (tertiary/aromatic N) is 2. The summed E-state index contributed by atoms with van der Waals surface area (Å²) in [7, 11) is 1.74. The van der Waals surface area contributed by atoms with Crippen molar-refractivity contribution < 1.29 is 9.59 Å². The Morgan fingerprint density at radius 3 is 2.52 bits per heavy atom. The Hall–Kier alpha value is -1.06. The van der Waals surface area contributed by atoms with Crippen LogP contribution in [0.1, 0.15) is 59.8 Å². The fraction of sp³-hybridized carbons (Fsp3) is 0.882. The number of hydrogen-bond donors (Lipinski definition) is 0. The maximum Gasteiger partial charge on any atom is 0.312 e. The molecule has 2 unspecified atom stereocenters. The van der Waals surface area contributed by atoms with E-state index in [1.807, 2.05) is 4.90 Å². The summed E-state index contributed by atoms with van der Waals surface area (Å²) >= 11 is 0. The minimum atomic E-state index is -0.336. The Balaban J connectivity index is 2.06. The number of likely N-dealkylation sites (N-methyl/N-ethyl adjacent to an activating group) is 1. The number of carbonyl (C=O) groups is 2. The van der Waals surface area contributed by atoms with Crippen LogP contribution in [0.15, 0.2) is 0 Å². The Bertz CT molecular complexity index is 433. The first-order valence-corrected chi connectivity index (χ1v) is 8.23. The Kier molecular flexibility index (Phi) is 4.36. The maximum absolute atomic E-state index is 12.6. The zero-order valence-electron chi connectivity index (χ0n) is 14.2. The van der Waals surface area contributed by atoms with E-state index < -0.39 is 0 Å². The summed E-state index contributed by atoms with van der Waals surface area (Å²) in [5.74, 6) is -0.627. The van der Waals surface area contributed by atoms with E-state index in [2.05, 4.69) is 27.7 Å². The van der Waals surface area contributed by atoms with Crippen molar-refractivity contribution in [3.63, 3.8) is 0 Å². The fourth-order valence-electron chi connectivity index (χ4n) is 4.48. The molecule has 2 fully saturated rings. The summed E-state index contributed by atoms with van der Waals surface area (Å²) in [4.78, 5) is 28.4. The van der Waals surface area contributed by atoms with Crippen molar-refractivity contribution in [1.82, 2.24) is 9.80 Å². The third-order valence-corrected chi connectivity index (χ3v) is 5.05. The van der Waals surface area contributed by atoms with Crippen molar-refractivity contribution in [2.45, 2.75) is 65.8 Å². The smallest absolute Gasteiger partial charge is 0.312 e. The van der Waals surface area contributed by atoms with Crippen LogP contribution >= 0.6 is 0 Å². The molecule has 0 aromatic rings. The van der Waals surface area contributed by atoms with Crippen LogP contribution < -0.4 is 0 Å². The van der Waals surface area contributed by atoms with Gasteiger partial charge in [-0.3, -0.25) is 9.59 Å². The zero-order chi connectivity index (χ0) is 15.8. The second-order valence-electron chi connectivity index (χ2n) is 8.23. The number of amides is 2. The summed E-state index contributed by atoms with van der Waals surface area (Å²) in [6, 6.07) is 0.245. The highest BCUT2D eigenvalue weighted by atomic mass is 16.2. The molecule has 1 saturated heterocycles. The average Bonchev–Trinajstić information content (AvgIpc) is 2.63. The Labute approximate surface area is 128 Å². The monoisotopic (exact) mass is 294 g/mol. The third kappa shape index (κ3) is 3.41. The van der Waals surface area contributed by atoms with Crippen molar-refractivity contribution in [2.24, 2.45) is 10.8 Å². The van der Waals surface area contributed by atoms with E-state index in [1.54, 1.807) is 11.9 Å². The van der Waals surface area contributed by atoms with Gasteiger partial charge in [-0.05, 0) is 36.5 Å². The minimum absolute atomic E-state index is 0.185. The highest BCUT2D eigenvalue weighted by Gasteiger charge is 2.51. The molecule has 1 saturated carbocycles. The van der Waals surface area contributed by atoms with Gasteiger partial charge in [0.1, 0.15) is 0 Å². The molecule has 2 atom stereocenters. The topological polar surface area (TPSA) is 40.6 Å². The van der Waals surface area contributed by atoms with E-state index in [0.29, 0.717) is 6.54 Å². The quantitative estimate of drug-likeness (QED) is 0.751. The van der Waals surface area contributed by atoms with Crippen molar-refractivity contribution in [1.29, 1.82) is 0 Å². The van der Waals surface area contributed by atoms with Gasteiger partial charge in [0.2, 0.25) is 0 Å². The van der Waals surface area contributed by atoms with Crippen LogP contribution in [0, 0.1) is 10.8 Å². The van der Waals surface area contributed by atoms with E-state index in [-0.39, 0.29) is 28.7 Å². The van der Waals surface area contributed by atoms with Crippen LogP contribution in [-0.4, -0.2) is 47.8 Å². The molecule has 0 aromatic carbocycles. The predicted octanol–water partition coefficient (Wildman–Crippen LogP) is 2.67. The van der Waals surface area contributed by atoms with Crippen LogP contribution in [0.4, 0.5) is 0 Å². The van der Waals surface area contributed by atoms with Crippen molar-refractivity contribution >= 4 is 11.8 Å². The summed E-state index contributed by atoms with van der Waals surface area (Å²) in [5, 5.41) is 0. The van der Waals surface area contributed by atoms with E-state index in [9.17, 15) is 9.59 Å². The second kappa shape index (κ2) is 5.62. The predicted molar refractivity (Wildman–Crippen MR) is 83.8 cm³/mol. The summed E-state index contributed by atoms with van der Waals surface area (Å²) in [6.45, 7) is 10.3. The van der Waals surface area contributed by atoms with Crippen molar-refractivity contribution in [3.05, 3.63) is 0 Å². The molecule has 0 radical (unpaired) electrons. The first kappa shape index (κ1) is 16.3. The average molecular weight is 294 g/mol. The standard InChI is InChI=1S/C17H30N2O2/c1-6-7-8-18(5)14(20)15(21)19-12-17(4)10-13(19)9-16(2,3)11-17/h13H,6-12H2,1-5H3. The van der Waals surface area contributed by atoms with E-state index in [0.717, 1.165) is 38.6 Å². The van der Waals surface area contributed by atoms with E-state index in [1.165, 1.54) is 0 Å². The minimum Gasteiger partial charge on any atom is -0.338 e. The lowest BCUT2D eigenvalue weighted by Crippen LogP contribution is -2.46. The SMILES string of the molecule is CCCCN(C)C(=O)C(=O)N1CC2(C)CC1CC(C)(C)C2. The number of unbranched alkanes of at least 4 members (excludes halogenated alkanes) is 1. The highest BCUT2D eigenvalue weighted by Crippen LogP contribution is 2.52. The maximum atomic E-state index is 12.6. The van der Waals surface area contributed by atoms with Gasteiger partial charge >= 0.3 is 11.8 Å². The molecule has 0 spiro atoms. The molecule has 4 nitrogen and oxygen atoms in total. The van der Waals surface area contributed by atoms with Crippen LogP contribution in [0.3, 0.4) is 0 Å². The molecule has 21 heavy (non-hydrogen) atoms. The molecule has 120 valence electrons. The lowest BCUT2D eigenvalue weighted by molar-refractivity contribution is -0.151. The first-order chi connectivity index (χ1) is 9.67. The molecule has 4 heteroatoms. The summed E-state index contributed by atoms with van der Waals surface area (Å²) in [5.41, 5.74) is 0.453. The number of fused-ring (bicyclic) bond motifs is 2. The molecule has 1 heterocycles. The molecular weight excluding hydrogens is 264 g/mol. The molecule has 1 aliphatic heterocycles. The molecular formula is C17H30N2O2. The summed E-state index contributed by atoms with van der Waals surface area (Å²) < 4.78 is 0. The molecule has 2 bridgehead atoms. The molecule has 2 rings (SSSR count). The van der Waals surface area contributed by atoms with Gasteiger partial charge in [-0.15, -0.1) is 0 Å². The van der Waals surface area contributed by atoms with Gasteiger partial charge in [-0.1, -0.05) is 34.1 Å². The molecule has 2 amide bonds. The number of likely N-dealkylation sites (tertiary alicyclic amines) is 1. The van der Waals surface area contributed by atoms with Crippen molar-refractivity contribution in [3.8, 4) is 0 Å². The molecule has 0 N–H and O–H groups in total. The van der Waals surface area contributed by atoms with Gasteiger partial charge in [0.15, 0.2) is 0 Å². The van der Waals surface area contributed by atoms with Crippen LogP contribution in [-0.2, 0) is 9.59 Å². The largest absolute Gasteiger partial charge is 0.338 e. The van der Waals surface area contributed by atoms with E-state index >= 15 is 0 Å². The van der Waals surface area contributed by atoms with E-state index in [4.69, 9.17) is 0 Å². The van der Waals surface area contributed by atoms with Gasteiger partial charge in [0.05, 0.1) is 0 Å². The number of hydrogen-bond acceptors (Lipinski definition) is 2. The number of rotatable bonds is 3. The van der Waals surface area contributed by atoms with Gasteiger partial charge in [-0.25, -0.2) is 0 Å². The summed E-state index contributed by atoms with van der Waals surface area (Å²) in [6.07, 6.45) is 5.18. The lowest BCUT2D eigenvalue weighted by atomic mass is 9.65. The molecule has 0 aromatic heterocycles. The van der Waals surface area contributed by atoms with Gasteiger partial charge < -0.3 is 9.80 Å².